The number of aromatic hydroxyl groups is 1. The molecule has 2 unspecified atom stereocenters. The van der Waals surface area contributed by atoms with E-state index in [9.17, 15) is 29.6 Å². The Morgan fingerprint density at radius 1 is 1.00 bits per heavy atom. The van der Waals surface area contributed by atoms with E-state index >= 15 is 0 Å². The van der Waals surface area contributed by atoms with Crippen LogP contribution >= 0.6 is 0 Å². The van der Waals surface area contributed by atoms with Crippen LogP contribution < -0.4 is 22.1 Å². The van der Waals surface area contributed by atoms with Crippen LogP contribution in [0.4, 0.5) is 5.69 Å². The molecule has 0 aromatic heterocycles. The molecule has 2 aromatic rings. The SMILES string of the molecule is CC(C)[C@H](NC(=O)C(N)Cc1ccccc1)C(=O)NC(Cc1ccc(O)c([N+](=O)[O-])c1)C(N)=O. The van der Waals surface area contributed by atoms with E-state index in [4.69, 9.17) is 11.5 Å². The summed E-state index contributed by atoms with van der Waals surface area (Å²) in [5.41, 5.74) is 12.1. The molecule has 0 heterocycles. The van der Waals surface area contributed by atoms with E-state index in [0.29, 0.717) is 5.56 Å². The van der Waals surface area contributed by atoms with Crippen LogP contribution in [0.1, 0.15) is 25.0 Å². The minimum Gasteiger partial charge on any atom is -0.502 e. The van der Waals surface area contributed by atoms with Crippen molar-refractivity contribution in [1.82, 2.24) is 10.6 Å². The molecule has 0 spiro atoms. The maximum atomic E-state index is 12.9. The maximum absolute atomic E-state index is 12.9. The number of hydrogen-bond donors (Lipinski definition) is 5. The smallest absolute Gasteiger partial charge is 0.310 e. The van der Waals surface area contributed by atoms with Gasteiger partial charge in [0.1, 0.15) is 12.1 Å². The molecule has 0 aliphatic rings. The molecule has 0 saturated heterocycles. The van der Waals surface area contributed by atoms with Gasteiger partial charge in [-0.25, -0.2) is 0 Å². The van der Waals surface area contributed by atoms with E-state index in [2.05, 4.69) is 10.6 Å². The van der Waals surface area contributed by atoms with Gasteiger partial charge in [0.25, 0.3) is 0 Å². The molecule has 2 aromatic carbocycles. The lowest BCUT2D eigenvalue weighted by Crippen LogP contribution is -2.57. The highest BCUT2D eigenvalue weighted by Crippen LogP contribution is 2.26. The molecule has 2 rings (SSSR count). The second-order valence-corrected chi connectivity index (χ2v) is 8.27. The lowest BCUT2D eigenvalue weighted by Gasteiger charge is -2.25. The van der Waals surface area contributed by atoms with Crippen molar-refractivity contribution in [3.63, 3.8) is 0 Å². The molecular weight excluding hydrogens is 442 g/mol. The molecule has 0 saturated carbocycles. The van der Waals surface area contributed by atoms with E-state index < -0.39 is 52.2 Å². The lowest BCUT2D eigenvalue weighted by molar-refractivity contribution is -0.385. The number of rotatable bonds is 11. The second-order valence-electron chi connectivity index (χ2n) is 8.27. The van der Waals surface area contributed by atoms with Gasteiger partial charge in [-0.05, 0) is 29.5 Å². The summed E-state index contributed by atoms with van der Waals surface area (Å²) in [5.74, 6) is -2.90. The predicted octanol–water partition coefficient (Wildman–Crippen LogP) is 0.524. The van der Waals surface area contributed by atoms with Gasteiger partial charge in [-0.2, -0.15) is 0 Å². The van der Waals surface area contributed by atoms with Gasteiger partial charge in [-0.15, -0.1) is 0 Å². The van der Waals surface area contributed by atoms with Gasteiger partial charge in [-0.3, -0.25) is 24.5 Å². The van der Waals surface area contributed by atoms with Gasteiger partial charge >= 0.3 is 5.69 Å². The highest BCUT2D eigenvalue weighted by atomic mass is 16.6. The topological polar surface area (TPSA) is 191 Å². The number of carbonyl (C=O) groups excluding carboxylic acids is 3. The Hall–Kier alpha value is -3.99. The third-order valence-corrected chi connectivity index (χ3v) is 5.22. The van der Waals surface area contributed by atoms with Crippen LogP contribution in [0.25, 0.3) is 0 Å². The Balaban J connectivity index is 2.09. The summed E-state index contributed by atoms with van der Waals surface area (Å²) in [6.45, 7) is 3.44. The minimum atomic E-state index is -1.20. The first kappa shape index (κ1) is 26.3. The highest BCUT2D eigenvalue weighted by molar-refractivity contribution is 5.93. The molecule has 0 fully saturated rings. The van der Waals surface area contributed by atoms with E-state index in [1.807, 2.05) is 30.3 Å². The fourth-order valence-electron chi connectivity index (χ4n) is 3.32. The van der Waals surface area contributed by atoms with Crippen LogP contribution in [0, 0.1) is 16.0 Å². The molecular formula is C23H29N5O6. The Kier molecular flexibility index (Phi) is 9.08. The largest absolute Gasteiger partial charge is 0.502 e. The van der Waals surface area contributed by atoms with Gasteiger partial charge in [-0.1, -0.05) is 50.2 Å². The number of phenols is 1. The van der Waals surface area contributed by atoms with Crippen molar-refractivity contribution in [2.24, 2.45) is 17.4 Å². The minimum absolute atomic E-state index is 0.144. The fraction of sp³-hybridized carbons (Fsp3) is 0.348. The van der Waals surface area contributed by atoms with Crippen LogP contribution in [0.3, 0.4) is 0 Å². The number of nitrogens with two attached hydrogens (primary N) is 2. The van der Waals surface area contributed by atoms with Crippen molar-refractivity contribution < 1.29 is 24.4 Å². The number of carbonyl (C=O) groups is 3. The van der Waals surface area contributed by atoms with Gasteiger partial charge in [0, 0.05) is 12.5 Å². The average Bonchev–Trinajstić information content (AvgIpc) is 2.77. The van der Waals surface area contributed by atoms with E-state index in [1.54, 1.807) is 13.8 Å². The average molecular weight is 472 g/mol. The fourth-order valence-corrected chi connectivity index (χ4v) is 3.32. The van der Waals surface area contributed by atoms with Crippen molar-refractivity contribution in [1.29, 1.82) is 0 Å². The lowest BCUT2D eigenvalue weighted by atomic mass is 9.99. The first-order valence-corrected chi connectivity index (χ1v) is 10.7. The number of amides is 3. The second kappa shape index (κ2) is 11.8. The number of phenolic OH excluding ortho intramolecular Hbond substituents is 1. The molecule has 0 aliphatic carbocycles. The molecule has 7 N–H and O–H groups in total. The van der Waals surface area contributed by atoms with Crippen LogP contribution in [-0.2, 0) is 27.2 Å². The molecule has 11 heteroatoms. The van der Waals surface area contributed by atoms with Crippen molar-refractivity contribution in [3.8, 4) is 5.75 Å². The van der Waals surface area contributed by atoms with Crippen molar-refractivity contribution in [2.75, 3.05) is 0 Å². The Labute approximate surface area is 196 Å². The highest BCUT2D eigenvalue weighted by Gasteiger charge is 2.30. The summed E-state index contributed by atoms with van der Waals surface area (Å²) in [5, 5.41) is 25.8. The van der Waals surface area contributed by atoms with E-state index in [0.717, 1.165) is 17.7 Å². The predicted molar refractivity (Wildman–Crippen MR) is 124 cm³/mol. The zero-order valence-corrected chi connectivity index (χ0v) is 18.9. The number of hydrogen-bond acceptors (Lipinski definition) is 7. The molecule has 11 nitrogen and oxygen atoms in total. The van der Waals surface area contributed by atoms with Crippen LogP contribution in [0.15, 0.2) is 48.5 Å². The number of nitrogens with zero attached hydrogens (tertiary/aromatic N) is 1. The number of primary amides is 1. The molecule has 34 heavy (non-hydrogen) atoms. The first-order chi connectivity index (χ1) is 16.0. The van der Waals surface area contributed by atoms with E-state index in [1.165, 1.54) is 6.07 Å². The van der Waals surface area contributed by atoms with Gasteiger partial charge in [0.15, 0.2) is 5.75 Å². The molecule has 0 radical (unpaired) electrons. The zero-order chi connectivity index (χ0) is 25.4. The van der Waals surface area contributed by atoms with E-state index in [-0.39, 0.29) is 18.8 Å². The Morgan fingerprint density at radius 3 is 2.21 bits per heavy atom. The number of nitro benzene ring substituents is 1. The zero-order valence-electron chi connectivity index (χ0n) is 18.9. The van der Waals surface area contributed by atoms with Crippen molar-refractivity contribution in [2.45, 2.75) is 44.8 Å². The summed E-state index contributed by atoms with van der Waals surface area (Å²) >= 11 is 0. The molecule has 0 bridgehead atoms. The molecule has 3 amide bonds. The summed E-state index contributed by atoms with van der Waals surface area (Å²) in [4.78, 5) is 47.8. The monoisotopic (exact) mass is 471 g/mol. The first-order valence-electron chi connectivity index (χ1n) is 10.7. The maximum Gasteiger partial charge on any atom is 0.310 e. The van der Waals surface area contributed by atoms with Gasteiger partial charge in [0.05, 0.1) is 11.0 Å². The quantitative estimate of drug-likeness (QED) is 0.233. The summed E-state index contributed by atoms with van der Waals surface area (Å²) in [7, 11) is 0. The summed E-state index contributed by atoms with van der Waals surface area (Å²) in [6.07, 6.45) is 0.136. The number of nitrogens with one attached hydrogen (secondary N) is 2. The Bertz CT molecular complexity index is 1040. The normalized spacial score (nSPS) is 13.5. The summed E-state index contributed by atoms with van der Waals surface area (Å²) < 4.78 is 0. The Morgan fingerprint density at radius 2 is 1.65 bits per heavy atom. The molecule has 182 valence electrons. The molecule has 0 aliphatic heterocycles. The van der Waals surface area contributed by atoms with Crippen LogP contribution in [0.2, 0.25) is 0 Å². The van der Waals surface area contributed by atoms with Gasteiger partial charge in [0.2, 0.25) is 17.7 Å². The van der Waals surface area contributed by atoms with Crippen molar-refractivity contribution in [3.05, 3.63) is 69.8 Å². The molecule has 3 atom stereocenters. The van der Waals surface area contributed by atoms with Crippen LogP contribution in [-0.4, -0.2) is 45.9 Å². The van der Waals surface area contributed by atoms with Crippen molar-refractivity contribution >= 4 is 23.4 Å². The number of nitro groups is 1. The van der Waals surface area contributed by atoms with Gasteiger partial charge < -0.3 is 27.2 Å². The number of benzene rings is 2. The third-order valence-electron chi connectivity index (χ3n) is 5.22. The van der Waals surface area contributed by atoms with Crippen LogP contribution in [0.5, 0.6) is 5.75 Å². The third kappa shape index (κ3) is 7.27. The summed E-state index contributed by atoms with van der Waals surface area (Å²) in [6, 6.07) is 9.71. The standard InChI is InChI=1S/C23H29N5O6/c1-13(2)20(27-22(31)16(24)10-14-6-4-3-5-7-14)23(32)26-17(21(25)30)11-15-8-9-19(29)18(12-15)28(33)34/h3-9,12-13,16-17,20,29H,10-11,24H2,1-2H3,(H2,25,30)(H,26,32)(H,27,31)/t16?,17?,20-/m0/s1.